The highest BCUT2D eigenvalue weighted by Crippen LogP contribution is 2.11. The van der Waals surface area contributed by atoms with Crippen molar-refractivity contribution in [1.82, 2.24) is 25.3 Å². The summed E-state index contributed by atoms with van der Waals surface area (Å²) in [7, 11) is -3.57. The van der Waals surface area contributed by atoms with Gasteiger partial charge in [0, 0.05) is 0 Å². The molecule has 0 atom stereocenters. The summed E-state index contributed by atoms with van der Waals surface area (Å²) in [5.41, 5.74) is 6.43. The van der Waals surface area contributed by atoms with Gasteiger partial charge in [-0.3, -0.25) is 0 Å². The van der Waals surface area contributed by atoms with Gasteiger partial charge in [0.15, 0.2) is 5.82 Å². The van der Waals surface area contributed by atoms with Crippen LogP contribution >= 0.6 is 0 Å². The highest BCUT2D eigenvalue weighted by molar-refractivity contribution is 7.89. The number of benzene rings is 1. The minimum atomic E-state index is -3.57. The Balaban J connectivity index is 2.06. The van der Waals surface area contributed by atoms with Gasteiger partial charge in [-0.05, 0) is 30.7 Å². The second kappa shape index (κ2) is 5.87. The van der Waals surface area contributed by atoms with Crippen LogP contribution in [0.15, 0.2) is 29.2 Å². The number of aromatic nitrogens is 4. The van der Waals surface area contributed by atoms with Gasteiger partial charge in [0.05, 0.1) is 11.4 Å². The van der Waals surface area contributed by atoms with Crippen molar-refractivity contribution in [1.29, 1.82) is 0 Å². The topological polar surface area (TPSA) is 127 Å². The summed E-state index contributed by atoms with van der Waals surface area (Å²) in [4.78, 5) is 0.191. The molecule has 2 rings (SSSR count). The van der Waals surface area contributed by atoms with E-state index in [4.69, 9.17) is 5.73 Å². The van der Waals surface area contributed by atoms with Gasteiger partial charge in [-0.15, -0.1) is 10.2 Å². The third kappa shape index (κ3) is 3.56. The quantitative estimate of drug-likeness (QED) is 0.635. The molecule has 0 spiro atoms. The summed E-state index contributed by atoms with van der Waals surface area (Å²) >= 11 is 0. The third-order valence-corrected chi connectivity index (χ3v) is 3.89. The number of nitrogens with one attached hydrogen (secondary N) is 2. The van der Waals surface area contributed by atoms with Crippen LogP contribution in [0.5, 0.6) is 0 Å². The lowest BCUT2D eigenvalue weighted by Gasteiger charge is -2.05. The van der Waals surface area contributed by atoms with E-state index in [2.05, 4.69) is 25.3 Å². The molecule has 102 valence electrons. The largest absolute Gasteiger partial charge is 0.330 e. The summed E-state index contributed by atoms with van der Waals surface area (Å²) in [6, 6.07) is 6.58. The molecule has 0 aliphatic rings. The average molecular weight is 282 g/mol. The molecule has 0 amide bonds. The number of hydrogen-bond donors (Lipinski definition) is 3. The van der Waals surface area contributed by atoms with E-state index in [-0.39, 0.29) is 17.3 Å². The Bertz CT molecular complexity index is 608. The number of sulfonamides is 1. The molecule has 0 aliphatic heterocycles. The maximum Gasteiger partial charge on any atom is 0.240 e. The van der Waals surface area contributed by atoms with E-state index in [1.54, 1.807) is 24.3 Å². The third-order valence-electron chi connectivity index (χ3n) is 2.48. The molecule has 9 heteroatoms. The van der Waals surface area contributed by atoms with Crippen molar-refractivity contribution in [2.75, 3.05) is 6.54 Å². The van der Waals surface area contributed by atoms with E-state index in [1.165, 1.54) is 0 Å². The Morgan fingerprint density at radius 1 is 1.26 bits per heavy atom. The molecule has 0 radical (unpaired) electrons. The summed E-state index contributed by atoms with van der Waals surface area (Å²) in [5.74, 6) is 0.281. The molecule has 0 bridgehead atoms. The van der Waals surface area contributed by atoms with E-state index < -0.39 is 10.0 Å². The standard InChI is InChI=1S/C10H14N6O2S/c11-6-5-8-1-3-9(4-2-8)19(17,18)12-7-10-13-15-16-14-10/h1-4,12H,5-7,11H2,(H,13,14,15,16). The number of nitrogens with two attached hydrogens (primary N) is 1. The summed E-state index contributed by atoms with van der Waals surface area (Å²) in [6.07, 6.45) is 0.719. The predicted molar refractivity (Wildman–Crippen MR) is 67.4 cm³/mol. The van der Waals surface area contributed by atoms with E-state index >= 15 is 0 Å². The van der Waals surface area contributed by atoms with E-state index in [9.17, 15) is 8.42 Å². The van der Waals surface area contributed by atoms with Gasteiger partial charge in [0.25, 0.3) is 0 Å². The van der Waals surface area contributed by atoms with Crippen molar-refractivity contribution in [3.63, 3.8) is 0 Å². The molecule has 1 aromatic heterocycles. The van der Waals surface area contributed by atoms with E-state index in [1.807, 2.05) is 0 Å². The first-order valence-electron chi connectivity index (χ1n) is 5.63. The second-order valence-corrected chi connectivity index (χ2v) is 5.60. The fourth-order valence-corrected chi connectivity index (χ4v) is 2.48. The maximum atomic E-state index is 12.0. The number of hydrogen-bond acceptors (Lipinski definition) is 6. The molecule has 0 aliphatic carbocycles. The van der Waals surface area contributed by atoms with Gasteiger partial charge in [0.2, 0.25) is 10.0 Å². The van der Waals surface area contributed by atoms with E-state index in [0.717, 1.165) is 12.0 Å². The first kappa shape index (κ1) is 13.6. The summed E-state index contributed by atoms with van der Waals surface area (Å²) in [6.45, 7) is 0.519. The lowest BCUT2D eigenvalue weighted by molar-refractivity contribution is 0.579. The smallest absolute Gasteiger partial charge is 0.240 e. The van der Waals surface area contributed by atoms with Crippen LogP contribution in [0.3, 0.4) is 0 Å². The number of aromatic amines is 1. The zero-order valence-electron chi connectivity index (χ0n) is 10.1. The van der Waals surface area contributed by atoms with Gasteiger partial charge in [-0.25, -0.2) is 13.1 Å². The number of nitrogens with zero attached hydrogens (tertiary/aromatic N) is 3. The monoisotopic (exact) mass is 282 g/mol. The Kier molecular flexibility index (Phi) is 4.20. The predicted octanol–water partition coefficient (Wildman–Crippen LogP) is -0.821. The molecule has 1 aromatic carbocycles. The molecule has 8 nitrogen and oxygen atoms in total. The van der Waals surface area contributed by atoms with Crippen LogP contribution < -0.4 is 10.5 Å². The molecule has 19 heavy (non-hydrogen) atoms. The van der Waals surface area contributed by atoms with Crippen molar-refractivity contribution in [2.24, 2.45) is 5.73 Å². The van der Waals surface area contributed by atoms with Crippen LogP contribution in [0.1, 0.15) is 11.4 Å². The fourth-order valence-electron chi connectivity index (χ4n) is 1.50. The van der Waals surface area contributed by atoms with Crippen LogP contribution in [-0.4, -0.2) is 35.6 Å². The maximum absolute atomic E-state index is 12.0. The summed E-state index contributed by atoms with van der Waals surface area (Å²) in [5, 5.41) is 12.9. The van der Waals surface area contributed by atoms with Gasteiger partial charge in [0.1, 0.15) is 0 Å². The minimum absolute atomic E-state index is 0.0105. The second-order valence-electron chi connectivity index (χ2n) is 3.84. The van der Waals surface area contributed by atoms with Crippen LogP contribution in [0.4, 0.5) is 0 Å². The molecule has 4 N–H and O–H groups in total. The van der Waals surface area contributed by atoms with Crippen molar-refractivity contribution < 1.29 is 8.42 Å². The number of rotatable bonds is 6. The number of tetrazole rings is 1. The molecule has 0 fully saturated rings. The minimum Gasteiger partial charge on any atom is -0.330 e. The van der Waals surface area contributed by atoms with Gasteiger partial charge >= 0.3 is 0 Å². The Labute approximate surface area is 110 Å². The zero-order valence-corrected chi connectivity index (χ0v) is 10.9. The molecule has 0 unspecified atom stereocenters. The van der Waals surface area contributed by atoms with Crippen LogP contribution in [-0.2, 0) is 23.0 Å². The molecule has 2 aromatic rings. The van der Waals surface area contributed by atoms with Crippen LogP contribution in [0, 0.1) is 0 Å². The number of H-pyrrole nitrogens is 1. The zero-order chi connectivity index (χ0) is 13.7. The van der Waals surface area contributed by atoms with Gasteiger partial charge in [-0.2, -0.15) is 5.21 Å². The first-order valence-corrected chi connectivity index (χ1v) is 7.11. The lowest BCUT2D eigenvalue weighted by atomic mass is 10.2. The highest BCUT2D eigenvalue weighted by Gasteiger charge is 2.14. The fraction of sp³-hybridized carbons (Fsp3) is 0.300. The molecular weight excluding hydrogens is 268 g/mol. The van der Waals surface area contributed by atoms with Gasteiger partial charge in [-0.1, -0.05) is 17.3 Å². The van der Waals surface area contributed by atoms with Crippen molar-refractivity contribution in [3.05, 3.63) is 35.7 Å². The molecular formula is C10H14N6O2S. The normalized spacial score (nSPS) is 11.6. The first-order chi connectivity index (χ1) is 9.12. The van der Waals surface area contributed by atoms with Crippen molar-refractivity contribution in [2.45, 2.75) is 17.9 Å². The Morgan fingerprint density at radius 2 is 2.00 bits per heavy atom. The Morgan fingerprint density at radius 3 is 2.58 bits per heavy atom. The molecule has 0 saturated heterocycles. The van der Waals surface area contributed by atoms with E-state index in [0.29, 0.717) is 6.54 Å². The van der Waals surface area contributed by atoms with Crippen LogP contribution in [0.25, 0.3) is 0 Å². The highest BCUT2D eigenvalue weighted by atomic mass is 32.2. The molecule has 0 saturated carbocycles. The van der Waals surface area contributed by atoms with Crippen molar-refractivity contribution in [3.8, 4) is 0 Å². The summed E-state index contributed by atoms with van der Waals surface area (Å²) < 4.78 is 26.3. The lowest BCUT2D eigenvalue weighted by Crippen LogP contribution is -2.23. The average Bonchev–Trinajstić information content (AvgIpc) is 2.91. The Hall–Kier alpha value is -1.84. The van der Waals surface area contributed by atoms with Crippen LogP contribution in [0.2, 0.25) is 0 Å². The molecule has 1 heterocycles. The van der Waals surface area contributed by atoms with Gasteiger partial charge < -0.3 is 5.73 Å². The SMILES string of the molecule is NCCc1ccc(S(=O)(=O)NCc2nn[nH]n2)cc1. The van der Waals surface area contributed by atoms with Crippen molar-refractivity contribution >= 4 is 10.0 Å².